The smallest absolute Gasteiger partial charge is 0.191 e. The van der Waals surface area contributed by atoms with E-state index in [1.807, 2.05) is 25.1 Å². The third-order valence-electron chi connectivity index (χ3n) is 3.99. The Morgan fingerprint density at radius 1 is 1.35 bits per heavy atom. The van der Waals surface area contributed by atoms with Crippen molar-refractivity contribution in [3.63, 3.8) is 0 Å². The molecular weight excluding hydrogens is 405 g/mol. The molecule has 1 atom stereocenters. The van der Waals surface area contributed by atoms with Crippen LogP contribution in [0.25, 0.3) is 0 Å². The Morgan fingerprint density at radius 2 is 2.13 bits per heavy atom. The van der Waals surface area contributed by atoms with Crippen molar-refractivity contribution in [1.29, 1.82) is 0 Å². The summed E-state index contributed by atoms with van der Waals surface area (Å²) in [6.45, 7) is 4.74. The third-order valence-corrected chi connectivity index (χ3v) is 3.99. The first kappa shape index (κ1) is 20.2. The molecule has 0 spiro atoms. The van der Waals surface area contributed by atoms with Gasteiger partial charge < -0.3 is 20.5 Å². The molecule has 1 aliphatic carbocycles. The number of aliphatic imine (C=N–C) groups is 1. The lowest BCUT2D eigenvalue weighted by molar-refractivity contribution is 0.0485. The maximum atomic E-state index is 10.9. The highest BCUT2D eigenvalue weighted by Gasteiger charge is 2.36. The van der Waals surface area contributed by atoms with Crippen LogP contribution < -0.4 is 10.6 Å². The molecular formula is C17H28IN3O2. The minimum atomic E-state index is -0.842. The van der Waals surface area contributed by atoms with Gasteiger partial charge in [-0.05, 0) is 37.3 Å². The molecule has 1 aliphatic rings. The SMILES string of the molecule is CCNC(=NCC1(O)CCc2ccccc21)NCCCOC.I. The molecule has 6 heteroatoms. The fraction of sp³-hybridized carbons (Fsp3) is 0.588. The summed E-state index contributed by atoms with van der Waals surface area (Å²) in [4.78, 5) is 4.57. The predicted molar refractivity (Wildman–Crippen MR) is 105 cm³/mol. The van der Waals surface area contributed by atoms with E-state index in [0.717, 1.165) is 50.5 Å². The number of fused-ring (bicyclic) bond motifs is 1. The largest absolute Gasteiger partial charge is 0.385 e. The Bertz CT molecular complexity index is 510. The van der Waals surface area contributed by atoms with Gasteiger partial charge >= 0.3 is 0 Å². The summed E-state index contributed by atoms with van der Waals surface area (Å²) in [5, 5.41) is 17.4. The molecule has 0 aliphatic heterocycles. The highest BCUT2D eigenvalue weighted by Crippen LogP contribution is 2.36. The number of hydrogen-bond acceptors (Lipinski definition) is 3. The van der Waals surface area contributed by atoms with E-state index in [0.29, 0.717) is 6.54 Å². The maximum Gasteiger partial charge on any atom is 0.191 e. The lowest BCUT2D eigenvalue weighted by Crippen LogP contribution is -2.39. The number of benzene rings is 1. The van der Waals surface area contributed by atoms with E-state index in [1.54, 1.807) is 7.11 Å². The maximum absolute atomic E-state index is 10.9. The molecule has 2 rings (SSSR count). The average molecular weight is 433 g/mol. The second-order valence-electron chi connectivity index (χ2n) is 5.66. The molecule has 1 aromatic rings. The van der Waals surface area contributed by atoms with Crippen LogP contribution in [-0.2, 0) is 16.8 Å². The fourth-order valence-corrected chi connectivity index (χ4v) is 2.81. The molecule has 1 unspecified atom stereocenters. The molecule has 0 saturated carbocycles. The van der Waals surface area contributed by atoms with E-state index in [-0.39, 0.29) is 24.0 Å². The normalized spacial score (nSPS) is 19.9. The molecule has 1 aromatic carbocycles. The van der Waals surface area contributed by atoms with Gasteiger partial charge in [-0.25, -0.2) is 4.99 Å². The first-order valence-electron chi connectivity index (χ1n) is 8.01. The van der Waals surface area contributed by atoms with Gasteiger partial charge in [0.2, 0.25) is 0 Å². The number of aliphatic hydroxyl groups is 1. The van der Waals surface area contributed by atoms with Crippen LogP contribution in [0.3, 0.4) is 0 Å². The number of nitrogens with zero attached hydrogens (tertiary/aromatic N) is 1. The minimum absolute atomic E-state index is 0. The summed E-state index contributed by atoms with van der Waals surface area (Å²) in [6.07, 6.45) is 2.58. The van der Waals surface area contributed by atoms with Gasteiger partial charge in [-0.2, -0.15) is 0 Å². The Morgan fingerprint density at radius 3 is 2.87 bits per heavy atom. The molecule has 5 nitrogen and oxygen atoms in total. The lowest BCUT2D eigenvalue weighted by atomic mass is 9.96. The number of guanidine groups is 1. The first-order valence-corrected chi connectivity index (χ1v) is 8.01. The molecule has 3 N–H and O–H groups in total. The highest BCUT2D eigenvalue weighted by atomic mass is 127. The van der Waals surface area contributed by atoms with Crippen LogP contribution in [0.1, 0.15) is 30.9 Å². The van der Waals surface area contributed by atoms with Crippen molar-refractivity contribution in [1.82, 2.24) is 10.6 Å². The molecule has 0 heterocycles. The van der Waals surface area contributed by atoms with Gasteiger partial charge in [-0.15, -0.1) is 24.0 Å². The topological polar surface area (TPSA) is 65.9 Å². The standard InChI is InChI=1S/C17H27N3O2.HI/c1-3-18-16(19-11-6-12-22-2)20-13-17(21)10-9-14-7-4-5-8-15(14)17;/h4-5,7-8,21H,3,6,9-13H2,1-2H3,(H2,18,19,20);1H. The number of halogens is 1. The predicted octanol–water partition coefficient (Wildman–Crippen LogP) is 2.03. The average Bonchev–Trinajstić information content (AvgIpc) is 2.87. The number of nitrogens with one attached hydrogen (secondary N) is 2. The Kier molecular flexibility index (Phi) is 8.86. The Hall–Kier alpha value is -0.860. The van der Waals surface area contributed by atoms with Crippen LogP contribution in [-0.4, -0.2) is 44.4 Å². The zero-order valence-corrected chi connectivity index (χ0v) is 16.3. The van der Waals surface area contributed by atoms with Gasteiger partial charge in [0.15, 0.2) is 5.96 Å². The highest BCUT2D eigenvalue weighted by molar-refractivity contribution is 14.0. The van der Waals surface area contributed by atoms with Crippen molar-refractivity contribution < 1.29 is 9.84 Å². The number of hydrogen-bond donors (Lipinski definition) is 3. The molecule has 0 radical (unpaired) electrons. The van der Waals surface area contributed by atoms with Gasteiger partial charge in [0.05, 0.1) is 6.54 Å². The molecule has 130 valence electrons. The fourth-order valence-electron chi connectivity index (χ4n) is 2.81. The van der Waals surface area contributed by atoms with E-state index in [2.05, 4.69) is 21.7 Å². The van der Waals surface area contributed by atoms with E-state index in [4.69, 9.17) is 4.74 Å². The summed E-state index contributed by atoms with van der Waals surface area (Å²) in [5.41, 5.74) is 1.41. The second kappa shape index (κ2) is 10.1. The summed E-state index contributed by atoms with van der Waals surface area (Å²) in [5.74, 6) is 0.747. The van der Waals surface area contributed by atoms with Gasteiger partial charge in [0.25, 0.3) is 0 Å². The summed E-state index contributed by atoms with van der Waals surface area (Å²) >= 11 is 0. The van der Waals surface area contributed by atoms with Gasteiger partial charge in [-0.1, -0.05) is 24.3 Å². The van der Waals surface area contributed by atoms with Crippen LogP contribution in [0.2, 0.25) is 0 Å². The van der Waals surface area contributed by atoms with E-state index in [9.17, 15) is 5.11 Å². The molecule has 23 heavy (non-hydrogen) atoms. The van der Waals surface area contributed by atoms with E-state index in [1.165, 1.54) is 5.56 Å². The van der Waals surface area contributed by atoms with Crippen molar-refractivity contribution >= 4 is 29.9 Å². The van der Waals surface area contributed by atoms with Crippen molar-refractivity contribution in [2.45, 2.75) is 31.8 Å². The Balaban J connectivity index is 0.00000264. The van der Waals surface area contributed by atoms with Crippen LogP contribution in [0.15, 0.2) is 29.3 Å². The first-order chi connectivity index (χ1) is 10.7. The van der Waals surface area contributed by atoms with Crippen LogP contribution in [0.5, 0.6) is 0 Å². The summed E-state index contributed by atoms with van der Waals surface area (Å²) < 4.78 is 5.04. The van der Waals surface area contributed by atoms with Crippen molar-refractivity contribution in [2.24, 2.45) is 4.99 Å². The molecule has 0 aromatic heterocycles. The molecule has 0 bridgehead atoms. The molecule has 0 fully saturated rings. The van der Waals surface area contributed by atoms with Gasteiger partial charge in [0.1, 0.15) is 5.60 Å². The summed E-state index contributed by atoms with van der Waals surface area (Å²) in [6, 6.07) is 8.10. The quantitative estimate of drug-likeness (QED) is 0.267. The Labute approximate surface area is 155 Å². The minimum Gasteiger partial charge on any atom is -0.385 e. The zero-order chi connectivity index (χ0) is 15.8. The number of ether oxygens (including phenoxy) is 1. The molecule has 0 saturated heterocycles. The van der Waals surface area contributed by atoms with Crippen molar-refractivity contribution in [2.75, 3.05) is 33.4 Å². The van der Waals surface area contributed by atoms with E-state index < -0.39 is 5.60 Å². The van der Waals surface area contributed by atoms with Crippen molar-refractivity contribution in [3.8, 4) is 0 Å². The summed E-state index contributed by atoms with van der Waals surface area (Å²) in [7, 11) is 1.70. The van der Waals surface area contributed by atoms with Crippen LogP contribution >= 0.6 is 24.0 Å². The van der Waals surface area contributed by atoms with E-state index >= 15 is 0 Å². The van der Waals surface area contributed by atoms with Crippen molar-refractivity contribution in [3.05, 3.63) is 35.4 Å². The second-order valence-corrected chi connectivity index (χ2v) is 5.66. The number of rotatable bonds is 7. The molecule has 0 amide bonds. The van der Waals surface area contributed by atoms with Gasteiger partial charge in [0, 0.05) is 26.8 Å². The monoisotopic (exact) mass is 433 g/mol. The number of aryl methyl sites for hydroxylation is 1. The lowest BCUT2D eigenvalue weighted by Gasteiger charge is -2.22. The van der Waals surface area contributed by atoms with Crippen LogP contribution in [0, 0.1) is 0 Å². The third kappa shape index (κ3) is 5.61. The zero-order valence-electron chi connectivity index (χ0n) is 14.0. The van der Waals surface area contributed by atoms with Gasteiger partial charge in [-0.3, -0.25) is 0 Å². The van der Waals surface area contributed by atoms with Crippen LogP contribution in [0.4, 0.5) is 0 Å². The number of methoxy groups -OCH3 is 1.